The van der Waals surface area contributed by atoms with Gasteiger partial charge in [0.1, 0.15) is 22.3 Å². The molecular formula is C51H31N3O2. The fraction of sp³-hybridized carbons (Fsp3) is 0. The molecule has 0 N–H and O–H groups in total. The molecule has 0 aliphatic carbocycles. The van der Waals surface area contributed by atoms with Gasteiger partial charge in [-0.1, -0.05) is 152 Å². The van der Waals surface area contributed by atoms with E-state index in [1.165, 1.54) is 0 Å². The number of rotatable bonds is 6. The number of para-hydroxylation sites is 1. The summed E-state index contributed by atoms with van der Waals surface area (Å²) in [5.41, 5.74) is 13.0. The number of fused-ring (bicyclic) bond motifs is 6. The Balaban J connectivity index is 0.946. The van der Waals surface area contributed by atoms with Crippen molar-refractivity contribution in [3.8, 4) is 67.5 Å². The quantitative estimate of drug-likeness (QED) is 0.171. The van der Waals surface area contributed by atoms with E-state index in [1.807, 2.05) is 78.9 Å². The molecule has 11 rings (SSSR count). The summed E-state index contributed by atoms with van der Waals surface area (Å²) in [7, 11) is 0. The van der Waals surface area contributed by atoms with E-state index in [0.29, 0.717) is 17.5 Å². The van der Waals surface area contributed by atoms with Crippen molar-refractivity contribution in [2.45, 2.75) is 0 Å². The van der Waals surface area contributed by atoms with Crippen molar-refractivity contribution in [2.24, 2.45) is 0 Å². The van der Waals surface area contributed by atoms with E-state index >= 15 is 0 Å². The molecule has 0 unspecified atom stereocenters. The molecule has 3 heterocycles. The molecule has 11 aromatic rings. The zero-order valence-electron chi connectivity index (χ0n) is 30.1. The molecule has 0 saturated heterocycles. The highest BCUT2D eigenvalue weighted by atomic mass is 16.3. The minimum atomic E-state index is 0.629. The normalized spacial score (nSPS) is 11.6. The van der Waals surface area contributed by atoms with Crippen LogP contribution in [0.3, 0.4) is 0 Å². The Bertz CT molecular complexity index is 3180. The van der Waals surface area contributed by atoms with Crippen molar-refractivity contribution >= 4 is 43.9 Å². The summed E-state index contributed by atoms with van der Waals surface area (Å²) in [5, 5.41) is 4.41. The molecule has 56 heavy (non-hydrogen) atoms. The minimum absolute atomic E-state index is 0.629. The predicted octanol–water partition coefficient (Wildman–Crippen LogP) is 13.7. The molecule has 0 spiro atoms. The summed E-state index contributed by atoms with van der Waals surface area (Å²) in [5.74, 6) is 1.91. The summed E-state index contributed by atoms with van der Waals surface area (Å²) in [4.78, 5) is 14.6. The van der Waals surface area contributed by atoms with Crippen molar-refractivity contribution in [1.82, 2.24) is 15.0 Å². The standard InChI is InChI=1S/C51H31N3O2/c1-3-12-33(13-4-1)49-52-50(34-14-5-2-6-15-34)54-51(53-49)35-24-22-32(23-25-35)36-26-28-40-43-30-37(27-29-45(43)56-47(40)31-36)38-16-7-8-17-39(38)41-19-11-21-46-48(41)42-18-9-10-20-44(42)55-46/h1-31H. The van der Waals surface area contributed by atoms with E-state index in [-0.39, 0.29) is 0 Å². The Morgan fingerprint density at radius 3 is 1.52 bits per heavy atom. The van der Waals surface area contributed by atoms with Gasteiger partial charge in [0.15, 0.2) is 17.5 Å². The third-order valence-electron chi connectivity index (χ3n) is 10.6. The Morgan fingerprint density at radius 2 is 0.786 bits per heavy atom. The number of hydrogen-bond donors (Lipinski definition) is 0. The van der Waals surface area contributed by atoms with Crippen molar-refractivity contribution in [1.29, 1.82) is 0 Å². The molecule has 0 aliphatic rings. The van der Waals surface area contributed by atoms with Gasteiger partial charge in [-0.25, -0.2) is 15.0 Å². The van der Waals surface area contributed by atoms with Crippen molar-refractivity contribution in [2.75, 3.05) is 0 Å². The van der Waals surface area contributed by atoms with E-state index < -0.39 is 0 Å². The second-order valence-electron chi connectivity index (χ2n) is 14.0. The van der Waals surface area contributed by atoms with Crippen molar-refractivity contribution < 1.29 is 8.83 Å². The molecule has 0 amide bonds. The fourth-order valence-electron chi connectivity index (χ4n) is 7.84. The lowest BCUT2D eigenvalue weighted by Gasteiger charge is -2.11. The van der Waals surface area contributed by atoms with E-state index in [1.54, 1.807) is 0 Å². The number of nitrogens with zero attached hydrogens (tertiary/aromatic N) is 3. The van der Waals surface area contributed by atoms with Crippen LogP contribution in [-0.2, 0) is 0 Å². The zero-order chi connectivity index (χ0) is 37.0. The van der Waals surface area contributed by atoms with Gasteiger partial charge in [-0.2, -0.15) is 0 Å². The Kier molecular flexibility index (Phi) is 7.42. The van der Waals surface area contributed by atoms with E-state index in [2.05, 4.69) is 109 Å². The summed E-state index contributed by atoms with van der Waals surface area (Å²) in [6, 6.07) is 64.6. The number of aromatic nitrogens is 3. The Labute approximate surface area is 322 Å². The first-order valence-electron chi connectivity index (χ1n) is 18.7. The van der Waals surface area contributed by atoms with Crippen LogP contribution in [0.4, 0.5) is 0 Å². The first-order chi connectivity index (χ1) is 27.7. The van der Waals surface area contributed by atoms with Crippen LogP contribution in [0.25, 0.3) is 111 Å². The van der Waals surface area contributed by atoms with Crippen LogP contribution < -0.4 is 0 Å². The molecule has 0 fully saturated rings. The second-order valence-corrected chi connectivity index (χ2v) is 14.0. The number of benzene rings is 8. The highest BCUT2D eigenvalue weighted by Crippen LogP contribution is 2.42. The summed E-state index contributed by atoms with van der Waals surface area (Å²) >= 11 is 0. The molecule has 0 aliphatic heterocycles. The van der Waals surface area contributed by atoms with Gasteiger partial charge in [0, 0.05) is 38.2 Å². The SMILES string of the molecule is c1ccc(-c2nc(-c3ccccc3)nc(-c3ccc(-c4ccc5c(c4)oc4ccc(-c6ccccc6-c6cccc7oc8ccccc8c67)cc45)cc3)n2)cc1. The maximum Gasteiger partial charge on any atom is 0.164 e. The topological polar surface area (TPSA) is 65.0 Å². The lowest BCUT2D eigenvalue weighted by Crippen LogP contribution is -2.00. The van der Waals surface area contributed by atoms with Gasteiger partial charge in [-0.3, -0.25) is 0 Å². The van der Waals surface area contributed by atoms with Crippen molar-refractivity contribution in [3.63, 3.8) is 0 Å². The van der Waals surface area contributed by atoms with Gasteiger partial charge in [-0.15, -0.1) is 0 Å². The molecule has 0 radical (unpaired) electrons. The van der Waals surface area contributed by atoms with Crippen LogP contribution in [0.1, 0.15) is 0 Å². The number of furan rings is 2. The Morgan fingerprint density at radius 1 is 0.268 bits per heavy atom. The van der Waals surface area contributed by atoms with Gasteiger partial charge < -0.3 is 8.83 Å². The first kappa shape index (κ1) is 31.9. The van der Waals surface area contributed by atoms with Crippen LogP contribution in [-0.4, -0.2) is 15.0 Å². The van der Waals surface area contributed by atoms with Crippen LogP contribution in [0.15, 0.2) is 197 Å². The van der Waals surface area contributed by atoms with E-state index in [9.17, 15) is 0 Å². The second kappa shape index (κ2) is 13.0. The molecule has 262 valence electrons. The highest BCUT2D eigenvalue weighted by molar-refractivity contribution is 6.14. The summed E-state index contributed by atoms with van der Waals surface area (Å²) in [6.07, 6.45) is 0. The average Bonchev–Trinajstić information content (AvgIpc) is 3.85. The smallest absolute Gasteiger partial charge is 0.164 e. The van der Waals surface area contributed by atoms with E-state index in [4.69, 9.17) is 23.8 Å². The van der Waals surface area contributed by atoms with Crippen LogP contribution in [0.2, 0.25) is 0 Å². The van der Waals surface area contributed by atoms with Gasteiger partial charge in [0.2, 0.25) is 0 Å². The molecule has 0 bridgehead atoms. The van der Waals surface area contributed by atoms with Gasteiger partial charge in [0.05, 0.1) is 0 Å². The first-order valence-corrected chi connectivity index (χ1v) is 18.7. The minimum Gasteiger partial charge on any atom is -0.456 e. The molecule has 5 heteroatoms. The van der Waals surface area contributed by atoms with E-state index in [0.717, 1.165) is 93.9 Å². The predicted molar refractivity (Wildman–Crippen MR) is 227 cm³/mol. The molecular weight excluding hydrogens is 687 g/mol. The molecule has 0 atom stereocenters. The maximum atomic E-state index is 6.48. The van der Waals surface area contributed by atoms with Crippen LogP contribution in [0.5, 0.6) is 0 Å². The maximum absolute atomic E-state index is 6.48. The third-order valence-corrected chi connectivity index (χ3v) is 10.6. The molecule has 3 aromatic heterocycles. The Hall–Kier alpha value is -7.63. The number of hydrogen-bond acceptors (Lipinski definition) is 5. The zero-order valence-corrected chi connectivity index (χ0v) is 30.1. The average molecular weight is 718 g/mol. The van der Waals surface area contributed by atoms with Crippen LogP contribution >= 0.6 is 0 Å². The summed E-state index contributed by atoms with van der Waals surface area (Å²) < 4.78 is 12.7. The lowest BCUT2D eigenvalue weighted by molar-refractivity contribution is 0.668. The van der Waals surface area contributed by atoms with Gasteiger partial charge in [-0.05, 0) is 69.8 Å². The summed E-state index contributed by atoms with van der Waals surface area (Å²) in [6.45, 7) is 0. The lowest BCUT2D eigenvalue weighted by atomic mass is 9.91. The monoisotopic (exact) mass is 717 g/mol. The largest absolute Gasteiger partial charge is 0.456 e. The highest BCUT2D eigenvalue weighted by Gasteiger charge is 2.17. The van der Waals surface area contributed by atoms with Crippen molar-refractivity contribution in [3.05, 3.63) is 188 Å². The van der Waals surface area contributed by atoms with Crippen LogP contribution in [0, 0.1) is 0 Å². The fourth-order valence-corrected chi connectivity index (χ4v) is 7.84. The van der Waals surface area contributed by atoms with Gasteiger partial charge in [0.25, 0.3) is 0 Å². The van der Waals surface area contributed by atoms with Gasteiger partial charge >= 0.3 is 0 Å². The molecule has 8 aromatic carbocycles. The third kappa shape index (κ3) is 5.45. The molecule has 5 nitrogen and oxygen atoms in total. The molecule has 0 saturated carbocycles.